The Kier molecular flexibility index (Phi) is 26.0. The van der Waals surface area contributed by atoms with Gasteiger partial charge < -0.3 is 4.48 Å². The van der Waals surface area contributed by atoms with Gasteiger partial charge in [-0.2, -0.15) is 0 Å². The summed E-state index contributed by atoms with van der Waals surface area (Å²) in [7, 11) is 0. The van der Waals surface area contributed by atoms with E-state index in [-0.39, 0.29) is 0 Å². The minimum absolute atomic E-state index is 1.23. The molecule has 0 spiro atoms. The van der Waals surface area contributed by atoms with Gasteiger partial charge in [-0.25, -0.2) is 0 Å². The van der Waals surface area contributed by atoms with Crippen LogP contribution < -0.4 is 0 Å². The average Bonchev–Trinajstić information content (AvgIpc) is 2.99. The maximum absolute atomic E-state index is 2.38. The van der Waals surface area contributed by atoms with Crippen molar-refractivity contribution in [2.24, 2.45) is 0 Å². The molecule has 0 heterocycles. The minimum atomic E-state index is 1.23. The smallest absolute Gasteiger partial charge is 0.104 e. The summed E-state index contributed by atoms with van der Waals surface area (Å²) in [6, 6.07) is 11.4. The van der Waals surface area contributed by atoms with Crippen LogP contribution >= 0.6 is 0 Å². The molecule has 0 aromatic heterocycles. The van der Waals surface area contributed by atoms with Crippen molar-refractivity contribution in [1.29, 1.82) is 0 Å². The maximum Gasteiger partial charge on any atom is 0.104 e. The zero-order valence-corrected chi connectivity index (χ0v) is 28.0. The summed E-state index contributed by atoms with van der Waals surface area (Å²) in [4.78, 5) is 0. The molecule has 1 aromatic carbocycles. The van der Waals surface area contributed by atoms with Gasteiger partial charge in [0, 0.05) is 5.56 Å². The third-order valence-electron chi connectivity index (χ3n) is 8.83. The highest BCUT2D eigenvalue weighted by atomic mass is 15.3. The van der Waals surface area contributed by atoms with Gasteiger partial charge >= 0.3 is 0 Å². The van der Waals surface area contributed by atoms with E-state index in [0.717, 1.165) is 0 Å². The number of benzene rings is 1. The summed E-state index contributed by atoms with van der Waals surface area (Å²) in [5.41, 5.74) is 1.55. The van der Waals surface area contributed by atoms with Gasteiger partial charge in [0.15, 0.2) is 0 Å². The van der Waals surface area contributed by atoms with Crippen molar-refractivity contribution in [3.63, 3.8) is 0 Å². The van der Waals surface area contributed by atoms with Gasteiger partial charge in [-0.05, 0) is 97.8 Å². The number of rotatable bonds is 29. The van der Waals surface area contributed by atoms with Gasteiger partial charge in [-0.3, -0.25) is 0 Å². The zero-order chi connectivity index (χ0) is 29.5. The zero-order valence-electron chi connectivity index (χ0n) is 28.0. The van der Waals surface area contributed by atoms with E-state index < -0.39 is 0 Å². The van der Waals surface area contributed by atoms with E-state index in [1.54, 1.807) is 5.56 Å². The predicted octanol–water partition coefficient (Wildman–Crippen LogP) is 12.9. The summed E-state index contributed by atoms with van der Waals surface area (Å²) in [5.74, 6) is 0. The monoisotopic (exact) mass is 565 g/mol. The van der Waals surface area contributed by atoms with Gasteiger partial charge in [0.05, 0.1) is 19.6 Å². The SMILES string of the molecule is C/C=C/CCCCCCCC[N+](CCCCCCCC/C=C/C)(CCCCCCCC/C=C/C)Cc1ccccc1. The Morgan fingerprint density at radius 3 is 1.07 bits per heavy atom. The summed E-state index contributed by atoms with van der Waals surface area (Å²) in [6.45, 7) is 11.8. The number of quaternary nitrogens is 1. The lowest BCUT2D eigenvalue weighted by molar-refractivity contribution is -0.941. The molecule has 0 amide bonds. The molecule has 0 N–H and O–H groups in total. The van der Waals surface area contributed by atoms with Gasteiger partial charge in [0.1, 0.15) is 6.54 Å². The molecule has 0 saturated heterocycles. The molecule has 0 atom stereocenters. The Hall–Kier alpha value is -1.60. The Labute approximate surface area is 258 Å². The Bertz CT molecular complexity index is 674. The molecule has 1 rings (SSSR count). The van der Waals surface area contributed by atoms with E-state index in [0.29, 0.717) is 0 Å². The van der Waals surface area contributed by atoms with Crippen molar-refractivity contribution < 1.29 is 4.48 Å². The van der Waals surface area contributed by atoms with Crippen molar-refractivity contribution in [1.82, 2.24) is 0 Å². The molecule has 0 fully saturated rings. The maximum atomic E-state index is 2.38. The Morgan fingerprint density at radius 2 is 0.732 bits per heavy atom. The number of hydrogen-bond donors (Lipinski definition) is 0. The first-order chi connectivity index (χ1) is 20.3. The third kappa shape index (κ3) is 22.6. The van der Waals surface area contributed by atoms with Crippen LogP contribution in [0.4, 0.5) is 0 Å². The van der Waals surface area contributed by atoms with Crippen LogP contribution in [0.2, 0.25) is 0 Å². The summed E-state index contributed by atoms with van der Waals surface area (Å²) >= 11 is 0. The molecule has 1 nitrogen and oxygen atoms in total. The van der Waals surface area contributed by atoms with Gasteiger partial charge in [0.25, 0.3) is 0 Å². The lowest BCUT2D eigenvalue weighted by Crippen LogP contribution is -2.49. The fourth-order valence-electron chi connectivity index (χ4n) is 6.29. The predicted molar refractivity (Wildman–Crippen MR) is 186 cm³/mol. The van der Waals surface area contributed by atoms with E-state index >= 15 is 0 Å². The van der Waals surface area contributed by atoms with E-state index in [4.69, 9.17) is 0 Å². The van der Waals surface area contributed by atoms with E-state index in [1.165, 1.54) is 165 Å². The van der Waals surface area contributed by atoms with Crippen LogP contribution in [0.3, 0.4) is 0 Å². The number of nitrogens with zero attached hydrogens (tertiary/aromatic N) is 1. The lowest BCUT2D eigenvalue weighted by atomic mass is 10.0. The van der Waals surface area contributed by atoms with Crippen molar-refractivity contribution in [3.05, 3.63) is 72.4 Å². The number of unbranched alkanes of at least 4 members (excludes halogenated alkanes) is 18. The summed E-state index contributed by atoms with van der Waals surface area (Å²) in [6.07, 6.45) is 42.6. The molecule has 0 radical (unpaired) electrons. The molecule has 0 aliphatic rings. The van der Waals surface area contributed by atoms with Crippen LogP contribution in [-0.4, -0.2) is 24.1 Å². The molecule has 0 aliphatic carbocycles. The van der Waals surface area contributed by atoms with Crippen LogP contribution in [0.1, 0.15) is 161 Å². The molecule has 0 unspecified atom stereocenters. The topological polar surface area (TPSA) is 0 Å². The Balaban J connectivity index is 2.64. The molecular formula is C40H70N+. The number of allylic oxidation sites excluding steroid dienone is 6. The second kappa shape index (κ2) is 28.5. The fraction of sp³-hybridized carbons (Fsp3) is 0.700. The molecule has 0 aliphatic heterocycles. The molecule has 1 heteroatoms. The van der Waals surface area contributed by atoms with Crippen LogP contribution in [0.5, 0.6) is 0 Å². The van der Waals surface area contributed by atoms with E-state index in [2.05, 4.69) is 87.6 Å². The highest BCUT2D eigenvalue weighted by molar-refractivity contribution is 5.13. The first kappa shape index (κ1) is 37.4. The third-order valence-corrected chi connectivity index (χ3v) is 8.83. The molecule has 0 saturated carbocycles. The van der Waals surface area contributed by atoms with Crippen LogP contribution in [0.15, 0.2) is 66.8 Å². The summed E-state index contributed by atoms with van der Waals surface area (Å²) in [5, 5.41) is 0. The molecule has 0 bridgehead atoms. The lowest BCUT2D eigenvalue weighted by Gasteiger charge is -2.39. The van der Waals surface area contributed by atoms with Gasteiger partial charge in [0.2, 0.25) is 0 Å². The van der Waals surface area contributed by atoms with Crippen molar-refractivity contribution in [2.45, 2.75) is 162 Å². The average molecular weight is 565 g/mol. The largest absolute Gasteiger partial charge is 0.320 e. The van der Waals surface area contributed by atoms with Crippen molar-refractivity contribution >= 4 is 0 Å². The van der Waals surface area contributed by atoms with Crippen molar-refractivity contribution in [2.75, 3.05) is 19.6 Å². The molecule has 234 valence electrons. The normalized spacial score (nSPS) is 12.5. The standard InChI is InChI=1S/C40H70N/c1-4-7-10-13-16-19-22-25-31-36-41(39-40-34-29-28-30-35-40,37-32-26-23-20-17-14-11-8-5-2)38-33-27-24-21-18-15-12-9-6-3/h4-9,28-30,34-35H,10-27,31-33,36-39H2,1-3H3/q+1/b7-4+,8-5+,9-6+. The molecular weight excluding hydrogens is 494 g/mol. The van der Waals surface area contributed by atoms with E-state index in [9.17, 15) is 0 Å². The van der Waals surface area contributed by atoms with Crippen LogP contribution in [0.25, 0.3) is 0 Å². The molecule has 41 heavy (non-hydrogen) atoms. The second-order valence-corrected chi connectivity index (χ2v) is 12.6. The first-order valence-corrected chi connectivity index (χ1v) is 18.0. The fourth-order valence-corrected chi connectivity index (χ4v) is 6.29. The van der Waals surface area contributed by atoms with Crippen LogP contribution in [-0.2, 0) is 6.54 Å². The van der Waals surface area contributed by atoms with E-state index in [1.807, 2.05) is 0 Å². The highest BCUT2D eigenvalue weighted by Crippen LogP contribution is 2.22. The minimum Gasteiger partial charge on any atom is -0.320 e. The van der Waals surface area contributed by atoms with Gasteiger partial charge in [-0.1, -0.05) is 125 Å². The quantitative estimate of drug-likeness (QED) is 0.0515. The summed E-state index contributed by atoms with van der Waals surface area (Å²) < 4.78 is 1.33. The number of hydrogen-bond acceptors (Lipinski definition) is 0. The second-order valence-electron chi connectivity index (χ2n) is 12.6. The van der Waals surface area contributed by atoms with Crippen LogP contribution in [0, 0.1) is 0 Å². The Morgan fingerprint density at radius 1 is 0.415 bits per heavy atom. The van der Waals surface area contributed by atoms with Gasteiger partial charge in [-0.15, -0.1) is 0 Å². The highest BCUT2D eigenvalue weighted by Gasteiger charge is 2.26. The van der Waals surface area contributed by atoms with Crippen molar-refractivity contribution in [3.8, 4) is 0 Å². The first-order valence-electron chi connectivity index (χ1n) is 18.0. The molecule has 1 aromatic rings.